The maximum absolute atomic E-state index is 5.71. The van der Waals surface area contributed by atoms with Crippen LogP contribution in [0.1, 0.15) is 11.1 Å². The lowest BCUT2D eigenvalue weighted by Gasteiger charge is -1.95. The molecule has 80 valence electrons. The summed E-state index contributed by atoms with van der Waals surface area (Å²) in [6.45, 7) is 0. The molecule has 0 spiro atoms. The number of hydrogen-bond donors (Lipinski definition) is 0. The summed E-state index contributed by atoms with van der Waals surface area (Å²) in [6.07, 6.45) is 6.91. The molecule has 0 unspecified atom stereocenters. The number of benzene rings is 1. The Bertz CT molecular complexity index is 460. The molecule has 16 heavy (non-hydrogen) atoms. The van der Waals surface area contributed by atoms with Crippen LogP contribution >= 0.6 is 11.6 Å². The van der Waals surface area contributed by atoms with Crippen molar-refractivity contribution < 1.29 is 0 Å². The smallest absolute Gasteiger partial charge is 0.129 e. The first kappa shape index (κ1) is 10.9. The molecular formula is C14H12ClN. The van der Waals surface area contributed by atoms with E-state index < -0.39 is 0 Å². The van der Waals surface area contributed by atoms with Gasteiger partial charge in [0.1, 0.15) is 5.15 Å². The van der Waals surface area contributed by atoms with Crippen LogP contribution in [0.4, 0.5) is 0 Å². The van der Waals surface area contributed by atoms with Crippen LogP contribution in [0.15, 0.2) is 54.7 Å². The summed E-state index contributed by atoms with van der Waals surface area (Å²) in [5.41, 5.74) is 2.38. The maximum Gasteiger partial charge on any atom is 0.129 e. The molecule has 1 nitrogen and oxygen atoms in total. The molecule has 1 heterocycles. The fourth-order valence-corrected chi connectivity index (χ4v) is 1.53. The minimum atomic E-state index is 0.538. The van der Waals surface area contributed by atoms with E-state index in [4.69, 9.17) is 11.6 Å². The third-order valence-corrected chi connectivity index (χ3v) is 2.48. The van der Waals surface area contributed by atoms with Gasteiger partial charge >= 0.3 is 0 Å². The number of pyridine rings is 1. The second kappa shape index (κ2) is 5.47. The highest BCUT2D eigenvalue weighted by atomic mass is 35.5. The van der Waals surface area contributed by atoms with Crippen LogP contribution in [0, 0.1) is 0 Å². The van der Waals surface area contributed by atoms with Crippen LogP contribution in [-0.4, -0.2) is 4.98 Å². The lowest BCUT2D eigenvalue weighted by atomic mass is 10.1. The monoisotopic (exact) mass is 229 g/mol. The van der Waals surface area contributed by atoms with Crippen LogP contribution in [0.25, 0.3) is 6.08 Å². The van der Waals surface area contributed by atoms with E-state index in [2.05, 4.69) is 29.3 Å². The molecule has 0 fully saturated rings. The number of nitrogens with zero attached hydrogens (tertiary/aromatic N) is 1. The lowest BCUT2D eigenvalue weighted by Crippen LogP contribution is -1.82. The summed E-state index contributed by atoms with van der Waals surface area (Å²) in [6, 6.07) is 14.0. The van der Waals surface area contributed by atoms with E-state index in [1.54, 1.807) is 6.20 Å². The molecule has 0 amide bonds. The van der Waals surface area contributed by atoms with Crippen molar-refractivity contribution in [2.45, 2.75) is 6.42 Å². The van der Waals surface area contributed by atoms with E-state index >= 15 is 0 Å². The van der Waals surface area contributed by atoms with Crippen molar-refractivity contribution in [1.29, 1.82) is 0 Å². The highest BCUT2D eigenvalue weighted by Crippen LogP contribution is 2.07. The van der Waals surface area contributed by atoms with Gasteiger partial charge in [0, 0.05) is 6.20 Å². The number of aromatic nitrogens is 1. The van der Waals surface area contributed by atoms with Crippen molar-refractivity contribution in [3.63, 3.8) is 0 Å². The van der Waals surface area contributed by atoms with Gasteiger partial charge in [0.2, 0.25) is 0 Å². The number of allylic oxidation sites excluding steroid dienone is 1. The molecule has 2 heteroatoms. The topological polar surface area (TPSA) is 12.9 Å². The van der Waals surface area contributed by atoms with Crippen LogP contribution < -0.4 is 0 Å². The van der Waals surface area contributed by atoms with Gasteiger partial charge in [0.05, 0.1) is 0 Å². The molecule has 1 aromatic heterocycles. The molecule has 2 rings (SSSR count). The Labute approximate surface area is 100 Å². The zero-order valence-corrected chi connectivity index (χ0v) is 9.56. The molecule has 0 saturated carbocycles. The summed E-state index contributed by atoms with van der Waals surface area (Å²) in [7, 11) is 0. The van der Waals surface area contributed by atoms with Crippen molar-refractivity contribution >= 4 is 17.7 Å². The minimum absolute atomic E-state index is 0.538. The molecule has 0 aliphatic rings. The van der Waals surface area contributed by atoms with Gasteiger partial charge in [-0.15, -0.1) is 0 Å². The molecule has 0 saturated heterocycles. The Hall–Kier alpha value is -1.60. The molecule has 0 aliphatic heterocycles. The Morgan fingerprint density at radius 2 is 1.88 bits per heavy atom. The molecule has 0 aliphatic carbocycles. The van der Waals surface area contributed by atoms with Gasteiger partial charge in [-0.25, -0.2) is 4.98 Å². The van der Waals surface area contributed by atoms with Gasteiger partial charge in [0.25, 0.3) is 0 Å². The first-order chi connectivity index (χ1) is 7.84. The number of halogens is 1. The number of hydrogen-bond acceptors (Lipinski definition) is 1. The first-order valence-electron chi connectivity index (χ1n) is 5.16. The quantitative estimate of drug-likeness (QED) is 0.726. The van der Waals surface area contributed by atoms with Gasteiger partial charge in [0.15, 0.2) is 0 Å². The normalized spacial score (nSPS) is 10.8. The minimum Gasteiger partial charge on any atom is -0.244 e. The van der Waals surface area contributed by atoms with Crippen molar-refractivity contribution in [2.24, 2.45) is 0 Å². The van der Waals surface area contributed by atoms with Gasteiger partial charge in [-0.3, -0.25) is 0 Å². The van der Waals surface area contributed by atoms with Crippen molar-refractivity contribution in [3.05, 3.63) is 71.0 Å². The first-order valence-corrected chi connectivity index (χ1v) is 5.54. The van der Waals surface area contributed by atoms with E-state index in [1.165, 1.54) is 5.56 Å². The molecular weight excluding hydrogens is 218 g/mol. The predicted molar refractivity (Wildman–Crippen MR) is 68.4 cm³/mol. The Kier molecular flexibility index (Phi) is 3.73. The summed E-state index contributed by atoms with van der Waals surface area (Å²) in [4.78, 5) is 4.04. The van der Waals surface area contributed by atoms with E-state index in [1.807, 2.05) is 30.3 Å². The Morgan fingerprint density at radius 3 is 2.56 bits per heavy atom. The SMILES string of the molecule is Clc1ccc(C/C=C/c2ccccc2)cn1. The average Bonchev–Trinajstić information content (AvgIpc) is 2.33. The standard InChI is InChI=1S/C14H12ClN/c15-14-10-9-13(11-16-14)8-4-7-12-5-2-1-3-6-12/h1-7,9-11H,8H2/b7-4+. The summed E-state index contributed by atoms with van der Waals surface area (Å²) in [5, 5.41) is 0.538. The van der Waals surface area contributed by atoms with Crippen LogP contribution in [0.3, 0.4) is 0 Å². The van der Waals surface area contributed by atoms with Crippen LogP contribution in [-0.2, 0) is 6.42 Å². The average molecular weight is 230 g/mol. The van der Waals surface area contributed by atoms with Gasteiger partial charge in [-0.05, 0) is 23.6 Å². The van der Waals surface area contributed by atoms with E-state index in [9.17, 15) is 0 Å². The second-order valence-corrected chi connectivity index (χ2v) is 3.89. The van der Waals surface area contributed by atoms with E-state index in [0.717, 1.165) is 12.0 Å². The molecule has 2 aromatic rings. The fourth-order valence-electron chi connectivity index (χ4n) is 1.42. The lowest BCUT2D eigenvalue weighted by molar-refractivity contribution is 1.19. The fraction of sp³-hybridized carbons (Fsp3) is 0.0714. The van der Waals surface area contributed by atoms with Crippen molar-refractivity contribution in [2.75, 3.05) is 0 Å². The third-order valence-electron chi connectivity index (χ3n) is 2.25. The summed E-state index contributed by atoms with van der Waals surface area (Å²) < 4.78 is 0. The molecule has 0 N–H and O–H groups in total. The van der Waals surface area contributed by atoms with Gasteiger partial charge < -0.3 is 0 Å². The largest absolute Gasteiger partial charge is 0.244 e. The highest BCUT2D eigenvalue weighted by molar-refractivity contribution is 6.29. The van der Waals surface area contributed by atoms with Crippen LogP contribution in [0.5, 0.6) is 0 Å². The third kappa shape index (κ3) is 3.21. The predicted octanol–water partition coefficient (Wildman–Crippen LogP) is 3.99. The van der Waals surface area contributed by atoms with Crippen molar-refractivity contribution in [1.82, 2.24) is 4.98 Å². The summed E-state index contributed by atoms with van der Waals surface area (Å²) in [5.74, 6) is 0. The van der Waals surface area contributed by atoms with Gasteiger partial charge in [-0.2, -0.15) is 0 Å². The van der Waals surface area contributed by atoms with E-state index in [-0.39, 0.29) is 0 Å². The van der Waals surface area contributed by atoms with Crippen molar-refractivity contribution in [3.8, 4) is 0 Å². The van der Waals surface area contributed by atoms with Crippen LogP contribution in [0.2, 0.25) is 5.15 Å². The number of rotatable bonds is 3. The molecule has 0 atom stereocenters. The molecule has 0 radical (unpaired) electrons. The molecule has 0 bridgehead atoms. The highest BCUT2D eigenvalue weighted by Gasteiger charge is 1.91. The van der Waals surface area contributed by atoms with Gasteiger partial charge in [-0.1, -0.05) is 60.2 Å². The maximum atomic E-state index is 5.71. The second-order valence-electron chi connectivity index (χ2n) is 3.51. The Morgan fingerprint density at radius 1 is 1.06 bits per heavy atom. The molecule has 1 aromatic carbocycles. The van der Waals surface area contributed by atoms with E-state index in [0.29, 0.717) is 5.15 Å². The zero-order chi connectivity index (χ0) is 11.2. The summed E-state index contributed by atoms with van der Waals surface area (Å²) >= 11 is 5.71. The zero-order valence-electron chi connectivity index (χ0n) is 8.81. The Balaban J connectivity index is 1.97.